The maximum absolute atomic E-state index is 6.17. The van der Waals surface area contributed by atoms with E-state index in [2.05, 4.69) is 179 Å². The van der Waals surface area contributed by atoms with E-state index < -0.39 is 0 Å². The van der Waals surface area contributed by atoms with Gasteiger partial charge in [-0.1, -0.05) is 109 Å². The summed E-state index contributed by atoms with van der Waals surface area (Å²) in [6.45, 7) is 0. The molecule has 1 aliphatic rings. The number of aromatic nitrogens is 1. The summed E-state index contributed by atoms with van der Waals surface area (Å²) < 4.78 is 8.60. The lowest BCUT2D eigenvalue weighted by Gasteiger charge is -2.26. The fraction of sp³-hybridized carbons (Fsp3) is 0.0417. The predicted molar refractivity (Wildman–Crippen MR) is 215 cm³/mol. The number of furan rings is 1. The second-order valence-electron chi connectivity index (χ2n) is 13.2. The summed E-state index contributed by atoms with van der Waals surface area (Å²) in [5.41, 5.74) is 13.6. The van der Waals surface area contributed by atoms with E-state index in [0.717, 1.165) is 57.5 Å². The topological polar surface area (TPSA) is 21.3 Å². The number of anilines is 3. The Balaban J connectivity index is 1.09. The van der Waals surface area contributed by atoms with E-state index in [-0.39, 0.29) is 0 Å². The van der Waals surface area contributed by atoms with Crippen LogP contribution in [0.1, 0.15) is 18.4 Å². The zero-order valence-electron chi connectivity index (χ0n) is 28.0. The minimum Gasteiger partial charge on any atom is -0.456 e. The number of rotatable bonds is 6. The van der Waals surface area contributed by atoms with Crippen molar-refractivity contribution >= 4 is 66.4 Å². The van der Waals surface area contributed by atoms with Crippen molar-refractivity contribution in [2.45, 2.75) is 12.8 Å². The third-order valence-electron chi connectivity index (χ3n) is 10.2. The van der Waals surface area contributed by atoms with Crippen molar-refractivity contribution in [2.75, 3.05) is 4.90 Å². The molecule has 0 amide bonds. The van der Waals surface area contributed by atoms with E-state index in [1.165, 1.54) is 44.1 Å². The van der Waals surface area contributed by atoms with Crippen molar-refractivity contribution in [3.8, 4) is 16.8 Å². The quantitative estimate of drug-likeness (QED) is 0.178. The van der Waals surface area contributed by atoms with Crippen LogP contribution in [0.4, 0.5) is 17.1 Å². The van der Waals surface area contributed by atoms with Gasteiger partial charge in [0.25, 0.3) is 0 Å². The Hall–Kier alpha value is -6.58. The van der Waals surface area contributed by atoms with Crippen molar-refractivity contribution in [1.82, 2.24) is 4.57 Å². The molecule has 0 radical (unpaired) electrons. The highest BCUT2D eigenvalue weighted by Crippen LogP contribution is 2.41. The van der Waals surface area contributed by atoms with E-state index in [0.29, 0.717) is 0 Å². The van der Waals surface area contributed by atoms with Gasteiger partial charge in [0.2, 0.25) is 0 Å². The zero-order chi connectivity index (χ0) is 33.7. The average Bonchev–Trinajstić information content (AvgIpc) is 3.74. The lowest BCUT2D eigenvalue weighted by Crippen LogP contribution is -2.09. The van der Waals surface area contributed by atoms with Crippen LogP contribution in [0.15, 0.2) is 186 Å². The molecule has 3 nitrogen and oxygen atoms in total. The van der Waals surface area contributed by atoms with Crippen molar-refractivity contribution in [2.24, 2.45) is 0 Å². The number of nitrogens with zero attached hydrogens (tertiary/aromatic N) is 2. The average molecular weight is 655 g/mol. The first kappa shape index (κ1) is 29.3. The zero-order valence-corrected chi connectivity index (χ0v) is 28.0. The molecule has 0 unspecified atom stereocenters. The monoisotopic (exact) mass is 654 g/mol. The highest BCUT2D eigenvalue weighted by Gasteiger charge is 2.18. The largest absolute Gasteiger partial charge is 0.456 e. The molecule has 0 bridgehead atoms. The lowest BCUT2D eigenvalue weighted by molar-refractivity contribution is 0.669. The van der Waals surface area contributed by atoms with Gasteiger partial charge in [0.1, 0.15) is 11.2 Å². The molecular weight excluding hydrogens is 621 g/mol. The van der Waals surface area contributed by atoms with Gasteiger partial charge in [-0.2, -0.15) is 0 Å². The van der Waals surface area contributed by atoms with Gasteiger partial charge in [0.05, 0.1) is 16.7 Å². The maximum atomic E-state index is 6.17. The number of para-hydroxylation sites is 4. The van der Waals surface area contributed by atoms with Crippen molar-refractivity contribution in [1.29, 1.82) is 0 Å². The van der Waals surface area contributed by atoms with Gasteiger partial charge in [0, 0.05) is 44.2 Å². The molecule has 0 N–H and O–H groups in total. The minimum atomic E-state index is 0.893. The van der Waals surface area contributed by atoms with E-state index >= 15 is 0 Å². The van der Waals surface area contributed by atoms with Crippen LogP contribution < -0.4 is 4.90 Å². The molecule has 242 valence electrons. The summed E-state index contributed by atoms with van der Waals surface area (Å²) in [4.78, 5) is 2.32. The van der Waals surface area contributed by atoms with Gasteiger partial charge in [-0.05, 0) is 102 Å². The van der Waals surface area contributed by atoms with E-state index in [1.807, 2.05) is 12.1 Å². The lowest BCUT2D eigenvalue weighted by atomic mass is 9.98. The molecule has 0 atom stereocenters. The second kappa shape index (κ2) is 12.1. The molecule has 9 aromatic rings. The number of benzene rings is 7. The smallest absolute Gasteiger partial charge is 0.135 e. The Labute approximate surface area is 296 Å². The molecule has 2 heterocycles. The molecule has 51 heavy (non-hydrogen) atoms. The van der Waals surface area contributed by atoms with Gasteiger partial charge in [-0.3, -0.25) is 0 Å². The van der Waals surface area contributed by atoms with Crippen LogP contribution in [0.5, 0.6) is 0 Å². The van der Waals surface area contributed by atoms with Crippen LogP contribution in [0.25, 0.3) is 66.1 Å². The summed E-state index contributed by atoms with van der Waals surface area (Å²) in [5.74, 6) is 0. The maximum Gasteiger partial charge on any atom is 0.135 e. The normalized spacial score (nSPS) is 13.0. The Bertz CT molecular complexity index is 2800. The van der Waals surface area contributed by atoms with Crippen molar-refractivity contribution in [3.63, 3.8) is 0 Å². The van der Waals surface area contributed by atoms with Gasteiger partial charge in [-0.15, -0.1) is 0 Å². The van der Waals surface area contributed by atoms with Gasteiger partial charge in [-0.25, -0.2) is 0 Å². The highest BCUT2D eigenvalue weighted by molar-refractivity contribution is 6.11. The predicted octanol–water partition coefficient (Wildman–Crippen LogP) is 13.6. The summed E-state index contributed by atoms with van der Waals surface area (Å²) in [6.07, 6.45) is 9.11. The molecule has 1 aliphatic carbocycles. The van der Waals surface area contributed by atoms with Crippen LogP contribution in [0, 0.1) is 0 Å². The van der Waals surface area contributed by atoms with E-state index in [9.17, 15) is 0 Å². The van der Waals surface area contributed by atoms with Crippen LogP contribution in [0.2, 0.25) is 0 Å². The molecule has 0 saturated heterocycles. The van der Waals surface area contributed by atoms with Crippen LogP contribution >= 0.6 is 0 Å². The molecule has 0 spiro atoms. The molecular formula is C48H34N2O. The van der Waals surface area contributed by atoms with Crippen LogP contribution in [-0.4, -0.2) is 4.57 Å². The van der Waals surface area contributed by atoms with Crippen LogP contribution in [0.3, 0.4) is 0 Å². The van der Waals surface area contributed by atoms with Crippen molar-refractivity contribution in [3.05, 3.63) is 188 Å². The first-order valence-corrected chi connectivity index (χ1v) is 17.7. The van der Waals surface area contributed by atoms with Crippen LogP contribution in [-0.2, 0) is 0 Å². The number of hydrogen-bond donors (Lipinski definition) is 0. The Kier molecular flexibility index (Phi) is 6.95. The molecule has 10 rings (SSSR count). The molecule has 0 fully saturated rings. The second-order valence-corrected chi connectivity index (χ2v) is 13.2. The molecule has 2 aromatic heterocycles. The Morgan fingerprint density at radius 3 is 2.02 bits per heavy atom. The fourth-order valence-electron chi connectivity index (χ4n) is 7.82. The molecule has 3 heteroatoms. The number of hydrogen-bond acceptors (Lipinski definition) is 2. The van der Waals surface area contributed by atoms with Gasteiger partial charge < -0.3 is 13.9 Å². The van der Waals surface area contributed by atoms with E-state index in [4.69, 9.17) is 4.42 Å². The Morgan fingerprint density at radius 2 is 1.16 bits per heavy atom. The number of fused-ring (bicyclic) bond motifs is 6. The summed E-state index contributed by atoms with van der Waals surface area (Å²) in [6, 6.07) is 58.8. The van der Waals surface area contributed by atoms with Crippen molar-refractivity contribution < 1.29 is 4.42 Å². The molecule has 7 aromatic carbocycles. The SMILES string of the molecule is C1=CC(c2ccc3c(c2)c2ccccc2n3-c2ccccc2-c2ccc(N(c3ccccc3)c3ccc4oc5ccccc5c4c3)cc2)=CCC1. The number of allylic oxidation sites excluding steroid dienone is 4. The standard InChI is InChI=1S/C48H34N2O/c1-3-13-33(14-4-1)35-25-29-46-42(31-35)40-18-8-11-21-45(40)50(46)44-20-10-7-17-39(44)34-23-26-37(27-24-34)49(36-15-5-2-6-16-36)38-28-30-48-43(32-38)41-19-9-12-22-47(41)51-48/h2-3,5-32H,1,4H2. The summed E-state index contributed by atoms with van der Waals surface area (Å²) in [5, 5.41) is 4.77. The van der Waals surface area contributed by atoms with Gasteiger partial charge >= 0.3 is 0 Å². The first-order chi connectivity index (χ1) is 25.3. The fourth-order valence-corrected chi connectivity index (χ4v) is 7.82. The minimum absolute atomic E-state index is 0.893. The molecule has 0 aliphatic heterocycles. The Morgan fingerprint density at radius 1 is 0.471 bits per heavy atom. The van der Waals surface area contributed by atoms with E-state index in [1.54, 1.807) is 0 Å². The highest BCUT2D eigenvalue weighted by atomic mass is 16.3. The summed E-state index contributed by atoms with van der Waals surface area (Å²) in [7, 11) is 0. The summed E-state index contributed by atoms with van der Waals surface area (Å²) >= 11 is 0. The van der Waals surface area contributed by atoms with Gasteiger partial charge in [0.15, 0.2) is 0 Å². The third-order valence-corrected chi connectivity index (χ3v) is 10.2. The molecule has 0 saturated carbocycles. The first-order valence-electron chi connectivity index (χ1n) is 17.7. The third kappa shape index (κ3) is 4.97.